The number of hydrogen-bond acceptors (Lipinski definition) is 5. The number of hydrogen-bond donors (Lipinski definition) is 2. The van der Waals surface area contributed by atoms with Crippen LogP contribution in [0.2, 0.25) is 0 Å². The zero-order chi connectivity index (χ0) is 14.0. The van der Waals surface area contributed by atoms with Crippen LogP contribution >= 0.6 is 11.3 Å². The van der Waals surface area contributed by atoms with Crippen LogP contribution in [0.15, 0.2) is 24.3 Å². The number of ketones is 1. The van der Waals surface area contributed by atoms with Gasteiger partial charge < -0.3 is 10.4 Å². The van der Waals surface area contributed by atoms with E-state index < -0.39 is 5.97 Å². The molecule has 1 heterocycles. The molecule has 0 aliphatic carbocycles. The third-order valence-electron chi connectivity index (χ3n) is 2.50. The Kier molecular flexibility index (Phi) is 3.62. The summed E-state index contributed by atoms with van der Waals surface area (Å²) in [6, 6.07) is 6.34. The van der Waals surface area contributed by atoms with Gasteiger partial charge in [-0.2, -0.15) is 0 Å². The van der Waals surface area contributed by atoms with Gasteiger partial charge in [0.25, 0.3) is 0 Å². The molecule has 0 spiro atoms. The molecule has 0 saturated carbocycles. The first kappa shape index (κ1) is 13.2. The van der Waals surface area contributed by atoms with Crippen molar-refractivity contribution in [3.05, 3.63) is 40.4 Å². The van der Waals surface area contributed by atoms with E-state index in [2.05, 4.69) is 10.3 Å². The summed E-state index contributed by atoms with van der Waals surface area (Å²) in [5, 5.41) is 12.5. The summed E-state index contributed by atoms with van der Waals surface area (Å²) < 4.78 is 0. The average molecular weight is 276 g/mol. The first-order chi connectivity index (χ1) is 8.97. The van der Waals surface area contributed by atoms with Gasteiger partial charge in [-0.25, -0.2) is 9.78 Å². The first-order valence-corrected chi connectivity index (χ1v) is 6.38. The summed E-state index contributed by atoms with van der Waals surface area (Å²) in [6.07, 6.45) is 0. The molecule has 98 valence electrons. The van der Waals surface area contributed by atoms with E-state index in [1.807, 2.05) is 0 Å². The number of aryl methyl sites for hydroxylation is 1. The molecule has 2 N–H and O–H groups in total. The van der Waals surface area contributed by atoms with E-state index in [-0.39, 0.29) is 11.3 Å². The lowest BCUT2D eigenvalue weighted by molar-refractivity contribution is 0.0696. The van der Waals surface area contributed by atoms with Crippen molar-refractivity contribution in [2.24, 2.45) is 0 Å². The van der Waals surface area contributed by atoms with Gasteiger partial charge in [0.05, 0.1) is 16.1 Å². The molecular weight excluding hydrogens is 264 g/mol. The Labute approximate surface area is 113 Å². The van der Waals surface area contributed by atoms with Crippen molar-refractivity contribution >= 4 is 33.9 Å². The van der Waals surface area contributed by atoms with Crippen molar-refractivity contribution in [2.75, 3.05) is 5.32 Å². The molecule has 5 nitrogen and oxygen atoms in total. The number of carboxylic acid groups (broad SMARTS) is 1. The van der Waals surface area contributed by atoms with Gasteiger partial charge in [0.2, 0.25) is 0 Å². The molecular formula is C13H12N2O3S. The topological polar surface area (TPSA) is 79.3 Å². The van der Waals surface area contributed by atoms with Crippen molar-refractivity contribution in [3.63, 3.8) is 0 Å². The molecule has 1 aromatic heterocycles. The lowest BCUT2D eigenvalue weighted by atomic mass is 10.2. The van der Waals surface area contributed by atoms with Gasteiger partial charge in [-0.3, -0.25) is 4.79 Å². The fourth-order valence-electron chi connectivity index (χ4n) is 1.60. The molecule has 1 aromatic carbocycles. The molecule has 0 aliphatic rings. The smallest absolute Gasteiger partial charge is 0.335 e. The average Bonchev–Trinajstić information content (AvgIpc) is 2.71. The highest BCUT2D eigenvalue weighted by molar-refractivity contribution is 7.17. The maximum absolute atomic E-state index is 11.3. The molecule has 0 atom stereocenters. The molecule has 0 bridgehead atoms. The number of rotatable bonds is 4. The minimum Gasteiger partial charge on any atom is -0.478 e. The van der Waals surface area contributed by atoms with Crippen LogP contribution in [0.25, 0.3) is 0 Å². The minimum atomic E-state index is -0.962. The van der Waals surface area contributed by atoms with Crippen molar-refractivity contribution in [2.45, 2.75) is 13.8 Å². The molecule has 2 rings (SSSR count). The van der Waals surface area contributed by atoms with Crippen LogP contribution in [0.5, 0.6) is 0 Å². The monoisotopic (exact) mass is 276 g/mol. The van der Waals surface area contributed by atoms with Crippen molar-refractivity contribution in [1.82, 2.24) is 4.98 Å². The van der Waals surface area contributed by atoms with E-state index in [0.717, 1.165) is 5.69 Å². The summed E-state index contributed by atoms with van der Waals surface area (Å²) >= 11 is 1.28. The van der Waals surface area contributed by atoms with Gasteiger partial charge >= 0.3 is 5.97 Å². The highest BCUT2D eigenvalue weighted by Gasteiger charge is 2.11. The Morgan fingerprint density at radius 1 is 1.26 bits per heavy atom. The standard InChI is InChI=1S/C13H12N2O3S/c1-7-11(8(2)16)19-13(14-7)15-10-5-3-9(4-6-10)12(17)18/h3-6H,1-2H3,(H,14,15)(H,17,18). The van der Waals surface area contributed by atoms with Gasteiger partial charge in [-0.05, 0) is 31.2 Å². The summed E-state index contributed by atoms with van der Waals surface area (Å²) in [5.74, 6) is -0.972. The largest absolute Gasteiger partial charge is 0.478 e. The van der Waals surface area contributed by atoms with Gasteiger partial charge in [0, 0.05) is 12.6 Å². The summed E-state index contributed by atoms with van der Waals surface area (Å²) in [6.45, 7) is 3.29. The molecule has 2 aromatic rings. The number of aromatic nitrogens is 1. The maximum Gasteiger partial charge on any atom is 0.335 e. The van der Waals surface area contributed by atoms with Gasteiger partial charge in [0.15, 0.2) is 10.9 Å². The van der Waals surface area contributed by atoms with Crippen molar-refractivity contribution < 1.29 is 14.7 Å². The van der Waals surface area contributed by atoms with E-state index in [1.165, 1.54) is 30.4 Å². The van der Waals surface area contributed by atoms with Crippen LogP contribution in [-0.4, -0.2) is 21.8 Å². The molecule has 0 amide bonds. The van der Waals surface area contributed by atoms with E-state index in [1.54, 1.807) is 19.1 Å². The van der Waals surface area contributed by atoms with E-state index >= 15 is 0 Å². The van der Waals surface area contributed by atoms with Crippen LogP contribution in [-0.2, 0) is 0 Å². The highest BCUT2D eigenvalue weighted by atomic mass is 32.1. The predicted molar refractivity (Wildman–Crippen MR) is 73.5 cm³/mol. The Balaban J connectivity index is 2.19. The zero-order valence-corrected chi connectivity index (χ0v) is 11.2. The van der Waals surface area contributed by atoms with Gasteiger partial charge in [0.1, 0.15) is 0 Å². The van der Waals surface area contributed by atoms with E-state index in [0.29, 0.717) is 15.7 Å². The lowest BCUT2D eigenvalue weighted by Crippen LogP contribution is -1.96. The lowest BCUT2D eigenvalue weighted by Gasteiger charge is -2.02. The second kappa shape index (κ2) is 5.19. The third-order valence-corrected chi connectivity index (χ3v) is 3.67. The van der Waals surface area contributed by atoms with Crippen LogP contribution in [0.1, 0.15) is 32.6 Å². The summed E-state index contributed by atoms with van der Waals surface area (Å²) in [7, 11) is 0. The Morgan fingerprint density at radius 3 is 2.37 bits per heavy atom. The maximum atomic E-state index is 11.3. The predicted octanol–water partition coefficient (Wildman–Crippen LogP) is 3.10. The summed E-state index contributed by atoms with van der Waals surface area (Å²) in [4.78, 5) is 26.9. The van der Waals surface area contributed by atoms with Crippen LogP contribution in [0.4, 0.5) is 10.8 Å². The minimum absolute atomic E-state index is 0.00993. The second-order valence-corrected chi connectivity index (χ2v) is 5.00. The molecule has 0 unspecified atom stereocenters. The quantitative estimate of drug-likeness (QED) is 0.839. The molecule has 0 aliphatic heterocycles. The van der Waals surface area contributed by atoms with Gasteiger partial charge in [-0.15, -0.1) is 0 Å². The van der Waals surface area contributed by atoms with E-state index in [4.69, 9.17) is 5.11 Å². The number of carbonyl (C=O) groups is 2. The number of thiazole rings is 1. The molecule has 0 radical (unpaired) electrons. The fourth-order valence-corrected chi connectivity index (χ4v) is 2.48. The Bertz CT molecular complexity index is 632. The van der Waals surface area contributed by atoms with Gasteiger partial charge in [-0.1, -0.05) is 11.3 Å². The molecule has 0 fully saturated rings. The number of nitrogens with zero attached hydrogens (tertiary/aromatic N) is 1. The normalized spacial score (nSPS) is 10.2. The van der Waals surface area contributed by atoms with E-state index in [9.17, 15) is 9.59 Å². The highest BCUT2D eigenvalue weighted by Crippen LogP contribution is 2.26. The number of anilines is 2. The molecule has 6 heteroatoms. The number of aromatic carboxylic acids is 1. The van der Waals surface area contributed by atoms with Crippen molar-refractivity contribution in [3.8, 4) is 0 Å². The van der Waals surface area contributed by atoms with Crippen LogP contribution < -0.4 is 5.32 Å². The first-order valence-electron chi connectivity index (χ1n) is 5.56. The third kappa shape index (κ3) is 2.97. The number of benzene rings is 1. The number of nitrogens with one attached hydrogen (secondary N) is 1. The fraction of sp³-hybridized carbons (Fsp3) is 0.154. The van der Waals surface area contributed by atoms with Crippen LogP contribution in [0.3, 0.4) is 0 Å². The van der Waals surface area contributed by atoms with Crippen LogP contribution in [0, 0.1) is 6.92 Å². The SMILES string of the molecule is CC(=O)c1sc(Nc2ccc(C(=O)O)cc2)nc1C. The second-order valence-electron chi connectivity index (χ2n) is 4.00. The molecule has 0 saturated heterocycles. The number of carbonyl (C=O) groups excluding carboxylic acids is 1. The Hall–Kier alpha value is -2.21. The zero-order valence-electron chi connectivity index (χ0n) is 10.4. The summed E-state index contributed by atoms with van der Waals surface area (Å²) in [5.41, 5.74) is 1.65. The number of Topliss-reactive ketones (excluding diaryl/α,β-unsaturated/α-hetero) is 1. The van der Waals surface area contributed by atoms with Crippen molar-refractivity contribution in [1.29, 1.82) is 0 Å². The number of carboxylic acids is 1. The Morgan fingerprint density at radius 2 is 1.89 bits per heavy atom. The molecule has 19 heavy (non-hydrogen) atoms.